The zero-order valence-electron chi connectivity index (χ0n) is 15.7. The summed E-state index contributed by atoms with van der Waals surface area (Å²) in [5.74, 6) is -0.433. The molecule has 0 radical (unpaired) electrons. The van der Waals surface area contributed by atoms with Crippen LogP contribution < -0.4 is 10.6 Å². The maximum Gasteiger partial charge on any atom is 0.315 e. The summed E-state index contributed by atoms with van der Waals surface area (Å²) < 4.78 is 11.8. The number of rotatable bonds is 2. The average Bonchev–Trinajstić information content (AvgIpc) is 3.22. The minimum atomic E-state index is -1.09. The number of para-hydroxylation sites is 1. The highest BCUT2D eigenvalue weighted by Gasteiger charge is 2.81. The van der Waals surface area contributed by atoms with Crippen molar-refractivity contribution in [3.63, 3.8) is 0 Å². The van der Waals surface area contributed by atoms with Crippen LogP contribution in [0.2, 0.25) is 0 Å². The number of hydrogen-bond acceptors (Lipinski definition) is 6. The fourth-order valence-electron chi connectivity index (χ4n) is 6.67. The minimum absolute atomic E-state index is 0.0467. The van der Waals surface area contributed by atoms with E-state index in [9.17, 15) is 9.90 Å². The van der Waals surface area contributed by atoms with Crippen LogP contribution in [0.15, 0.2) is 35.9 Å². The van der Waals surface area contributed by atoms with E-state index in [2.05, 4.69) is 22.8 Å². The second-order valence-corrected chi connectivity index (χ2v) is 8.12. The van der Waals surface area contributed by atoms with E-state index in [-0.39, 0.29) is 24.5 Å². The molecule has 2 bridgehead atoms. The van der Waals surface area contributed by atoms with Crippen molar-refractivity contribution in [2.24, 2.45) is 11.3 Å². The van der Waals surface area contributed by atoms with E-state index in [4.69, 9.17) is 9.47 Å². The van der Waals surface area contributed by atoms with Crippen LogP contribution in [-0.4, -0.2) is 49.7 Å². The van der Waals surface area contributed by atoms with E-state index < -0.39 is 16.6 Å². The molecule has 27 heavy (non-hydrogen) atoms. The molecule has 6 nitrogen and oxygen atoms in total. The summed E-state index contributed by atoms with van der Waals surface area (Å²) in [6, 6.07) is 8.14. The number of allylic oxidation sites excluding steroid dienone is 1. The molecule has 5 rings (SSSR count). The van der Waals surface area contributed by atoms with E-state index in [0.29, 0.717) is 19.6 Å². The summed E-state index contributed by atoms with van der Waals surface area (Å²) in [6.07, 6.45) is 3.46. The van der Waals surface area contributed by atoms with Crippen LogP contribution in [0.4, 0.5) is 5.69 Å². The maximum atomic E-state index is 13.5. The fraction of sp³-hybridized carbons (Fsp3) is 0.571. The van der Waals surface area contributed by atoms with E-state index in [0.717, 1.165) is 23.2 Å². The third kappa shape index (κ3) is 1.67. The first-order valence-electron chi connectivity index (χ1n) is 9.70. The van der Waals surface area contributed by atoms with Crippen molar-refractivity contribution in [3.8, 4) is 0 Å². The van der Waals surface area contributed by atoms with Gasteiger partial charge in [-0.3, -0.25) is 4.79 Å². The predicted octanol–water partition coefficient (Wildman–Crippen LogP) is 1.56. The molecule has 1 aromatic rings. The first-order chi connectivity index (χ1) is 13.1. The van der Waals surface area contributed by atoms with Crippen LogP contribution in [0, 0.1) is 11.3 Å². The summed E-state index contributed by atoms with van der Waals surface area (Å²) in [5, 5.41) is 18.1. The van der Waals surface area contributed by atoms with Crippen molar-refractivity contribution in [2.45, 2.75) is 36.9 Å². The zero-order valence-corrected chi connectivity index (χ0v) is 15.7. The van der Waals surface area contributed by atoms with Gasteiger partial charge in [-0.2, -0.15) is 0 Å². The Labute approximate surface area is 158 Å². The molecule has 2 saturated heterocycles. The molecule has 0 spiro atoms. The monoisotopic (exact) mass is 370 g/mol. The number of hydrogen-bond donors (Lipinski definition) is 3. The maximum absolute atomic E-state index is 13.5. The number of esters is 1. The Kier molecular flexibility index (Phi) is 3.55. The number of carbonyl (C=O) groups is 1. The van der Waals surface area contributed by atoms with Crippen LogP contribution in [0.5, 0.6) is 0 Å². The van der Waals surface area contributed by atoms with Gasteiger partial charge in [-0.15, -0.1) is 0 Å². The molecule has 1 aromatic carbocycles. The van der Waals surface area contributed by atoms with E-state index in [1.807, 2.05) is 25.1 Å². The van der Waals surface area contributed by atoms with Gasteiger partial charge >= 0.3 is 5.97 Å². The lowest BCUT2D eigenvalue weighted by atomic mass is 9.44. The Morgan fingerprint density at radius 3 is 3.00 bits per heavy atom. The van der Waals surface area contributed by atoms with Gasteiger partial charge in [-0.05, 0) is 31.4 Å². The Morgan fingerprint density at radius 1 is 1.44 bits per heavy atom. The van der Waals surface area contributed by atoms with E-state index in [1.165, 1.54) is 7.11 Å². The van der Waals surface area contributed by atoms with Gasteiger partial charge in [-0.1, -0.05) is 29.8 Å². The summed E-state index contributed by atoms with van der Waals surface area (Å²) in [6.45, 7) is 2.96. The second-order valence-electron chi connectivity index (χ2n) is 8.12. The molecule has 3 aliphatic heterocycles. The lowest BCUT2D eigenvalue weighted by molar-refractivity contribution is -0.192. The highest BCUT2D eigenvalue weighted by Crippen LogP contribution is 2.70. The number of nitrogens with one attached hydrogen (secondary N) is 2. The number of benzene rings is 1. The Morgan fingerprint density at radius 2 is 2.26 bits per heavy atom. The Balaban J connectivity index is 1.87. The largest absolute Gasteiger partial charge is 0.468 e. The van der Waals surface area contributed by atoms with Gasteiger partial charge in [0.1, 0.15) is 5.41 Å². The Hall–Kier alpha value is -1.89. The number of methoxy groups -OCH3 is 1. The molecule has 6 heteroatoms. The molecule has 144 valence electrons. The van der Waals surface area contributed by atoms with Crippen LogP contribution >= 0.6 is 0 Å². The predicted molar refractivity (Wildman–Crippen MR) is 100 cm³/mol. The van der Waals surface area contributed by atoms with Gasteiger partial charge in [0, 0.05) is 18.2 Å². The van der Waals surface area contributed by atoms with Crippen molar-refractivity contribution in [1.82, 2.24) is 5.32 Å². The molecule has 1 aliphatic carbocycles. The summed E-state index contributed by atoms with van der Waals surface area (Å²) >= 11 is 0. The molecule has 4 aliphatic rings. The molecule has 1 saturated carbocycles. The number of anilines is 1. The fourth-order valence-corrected chi connectivity index (χ4v) is 6.67. The van der Waals surface area contributed by atoms with Crippen molar-refractivity contribution < 1.29 is 19.4 Å². The highest BCUT2D eigenvalue weighted by molar-refractivity contribution is 5.85. The lowest BCUT2D eigenvalue weighted by Crippen LogP contribution is -2.78. The average molecular weight is 370 g/mol. The molecular weight excluding hydrogens is 344 g/mol. The second kappa shape index (κ2) is 5.56. The summed E-state index contributed by atoms with van der Waals surface area (Å²) in [4.78, 5) is 13.5. The molecule has 3 heterocycles. The lowest BCUT2D eigenvalue weighted by Gasteiger charge is -2.62. The zero-order chi connectivity index (χ0) is 18.9. The highest BCUT2D eigenvalue weighted by atomic mass is 16.5. The van der Waals surface area contributed by atoms with Crippen LogP contribution in [0.1, 0.15) is 25.3 Å². The van der Waals surface area contributed by atoms with Gasteiger partial charge in [0.2, 0.25) is 0 Å². The molecule has 3 N–H and O–H groups in total. The topological polar surface area (TPSA) is 79.8 Å². The molecule has 5 atom stereocenters. The van der Waals surface area contributed by atoms with Crippen LogP contribution in [0.3, 0.4) is 0 Å². The standard InChI is InChI=1S/C21H26N2O4/c1-3-13-11-22-17-10-15(13)19(12-24,18(25)26-2)20-8-9-27-21(17,20)23-16-7-5-4-6-14(16)20/h3-7,15,17,22-24H,8-12H2,1-2H3/t15-,17+,19-,20-,21-/m0/s1. The van der Waals surface area contributed by atoms with Crippen molar-refractivity contribution in [1.29, 1.82) is 0 Å². The van der Waals surface area contributed by atoms with Gasteiger partial charge in [0.15, 0.2) is 5.72 Å². The van der Waals surface area contributed by atoms with E-state index >= 15 is 0 Å². The van der Waals surface area contributed by atoms with Gasteiger partial charge in [0.05, 0.1) is 31.8 Å². The number of aliphatic hydroxyl groups is 1. The molecule has 0 amide bonds. The molecule has 0 aromatic heterocycles. The molecule has 0 unspecified atom stereocenters. The van der Waals surface area contributed by atoms with E-state index in [1.54, 1.807) is 0 Å². The third-order valence-corrected chi connectivity index (χ3v) is 7.64. The van der Waals surface area contributed by atoms with Gasteiger partial charge in [-0.25, -0.2) is 0 Å². The summed E-state index contributed by atoms with van der Waals surface area (Å²) in [5.41, 5.74) is 0.658. The smallest absolute Gasteiger partial charge is 0.315 e. The quantitative estimate of drug-likeness (QED) is 0.542. The van der Waals surface area contributed by atoms with Crippen LogP contribution in [0.25, 0.3) is 0 Å². The number of ether oxygens (including phenoxy) is 2. The first kappa shape index (κ1) is 17.2. The van der Waals surface area contributed by atoms with Gasteiger partial charge < -0.3 is 25.2 Å². The molecule has 3 fully saturated rings. The number of piperidine rings is 1. The third-order valence-electron chi connectivity index (χ3n) is 7.64. The first-order valence-corrected chi connectivity index (χ1v) is 9.70. The molecular formula is C21H26N2O4. The summed E-state index contributed by atoms with van der Waals surface area (Å²) in [7, 11) is 1.42. The Bertz CT molecular complexity index is 839. The number of fused-ring (bicyclic) bond motifs is 3. The normalized spacial score (nSPS) is 42.9. The van der Waals surface area contributed by atoms with Crippen molar-refractivity contribution in [3.05, 3.63) is 41.5 Å². The van der Waals surface area contributed by atoms with Crippen molar-refractivity contribution >= 4 is 11.7 Å². The van der Waals surface area contributed by atoms with Crippen molar-refractivity contribution in [2.75, 3.05) is 32.2 Å². The minimum Gasteiger partial charge on any atom is -0.468 e. The van der Waals surface area contributed by atoms with Crippen LogP contribution in [-0.2, 0) is 19.7 Å². The number of aliphatic hydroxyl groups excluding tert-OH is 1. The number of carbonyl (C=O) groups excluding carboxylic acids is 1. The SMILES string of the molecule is CC=C1CN[C@@H]2C[C@@H]1[C@@](CO)(C(=O)OC)[C@@]13CCO[C@@]21Nc1ccccc13. The van der Waals surface area contributed by atoms with Gasteiger partial charge in [0.25, 0.3) is 0 Å².